The lowest BCUT2D eigenvalue weighted by Gasteiger charge is -2.15. The third kappa shape index (κ3) is 3.48. The standard InChI is InChI=1S/C12H19N3O2S/c1-4-5-9(2)15-10-6-7-12(11(13)8-10)18(16,17)14-3/h4,6-9,14-15H,1,5,13H2,2-3H3. The van der Waals surface area contributed by atoms with Crippen molar-refractivity contribution in [1.29, 1.82) is 0 Å². The number of rotatable bonds is 6. The lowest BCUT2D eigenvalue weighted by Crippen LogP contribution is -2.20. The molecule has 0 amide bonds. The SMILES string of the molecule is C=CCC(C)Nc1ccc(S(=O)(=O)NC)c(N)c1. The Labute approximate surface area is 108 Å². The molecule has 0 fully saturated rings. The summed E-state index contributed by atoms with van der Waals surface area (Å²) in [5.74, 6) is 0. The van der Waals surface area contributed by atoms with Crippen molar-refractivity contribution in [3.63, 3.8) is 0 Å². The number of nitrogens with two attached hydrogens (primary N) is 1. The van der Waals surface area contributed by atoms with E-state index in [1.807, 2.05) is 13.0 Å². The molecule has 0 bridgehead atoms. The zero-order valence-corrected chi connectivity index (χ0v) is 11.4. The first-order valence-corrected chi connectivity index (χ1v) is 7.09. The second-order valence-corrected chi connectivity index (χ2v) is 5.88. The maximum Gasteiger partial charge on any atom is 0.242 e. The topological polar surface area (TPSA) is 84.2 Å². The average molecular weight is 269 g/mol. The van der Waals surface area contributed by atoms with Crippen molar-refractivity contribution in [2.45, 2.75) is 24.3 Å². The number of hydrogen-bond donors (Lipinski definition) is 3. The van der Waals surface area contributed by atoms with E-state index in [2.05, 4.69) is 16.6 Å². The summed E-state index contributed by atoms with van der Waals surface area (Å²) in [5.41, 5.74) is 6.76. The Morgan fingerprint density at radius 2 is 2.17 bits per heavy atom. The number of benzene rings is 1. The molecule has 6 heteroatoms. The van der Waals surface area contributed by atoms with Crippen LogP contribution in [0.15, 0.2) is 35.7 Å². The van der Waals surface area contributed by atoms with Gasteiger partial charge in [0.25, 0.3) is 0 Å². The molecule has 0 saturated heterocycles. The Hall–Kier alpha value is -1.53. The van der Waals surface area contributed by atoms with Gasteiger partial charge in [0.05, 0.1) is 5.69 Å². The smallest absolute Gasteiger partial charge is 0.242 e. The quantitative estimate of drug-likeness (QED) is 0.540. The van der Waals surface area contributed by atoms with Crippen LogP contribution in [0.1, 0.15) is 13.3 Å². The van der Waals surface area contributed by atoms with Crippen molar-refractivity contribution < 1.29 is 8.42 Å². The highest BCUT2D eigenvalue weighted by molar-refractivity contribution is 7.89. The summed E-state index contributed by atoms with van der Waals surface area (Å²) in [5, 5.41) is 3.21. The van der Waals surface area contributed by atoms with Gasteiger partial charge in [0.2, 0.25) is 10.0 Å². The first-order chi connectivity index (χ1) is 8.40. The maximum atomic E-state index is 11.6. The van der Waals surface area contributed by atoms with Crippen molar-refractivity contribution >= 4 is 21.4 Å². The molecule has 1 aromatic carbocycles. The minimum absolute atomic E-state index is 0.0897. The maximum absolute atomic E-state index is 11.6. The lowest BCUT2D eigenvalue weighted by molar-refractivity contribution is 0.588. The van der Waals surface area contributed by atoms with Crippen LogP contribution in [0.5, 0.6) is 0 Å². The molecule has 0 spiro atoms. The van der Waals surface area contributed by atoms with Crippen molar-refractivity contribution in [2.24, 2.45) is 0 Å². The third-order valence-corrected chi connectivity index (χ3v) is 3.99. The van der Waals surface area contributed by atoms with E-state index < -0.39 is 10.0 Å². The molecule has 0 aliphatic rings. The lowest BCUT2D eigenvalue weighted by atomic mass is 10.2. The average Bonchev–Trinajstić information content (AvgIpc) is 2.29. The fraction of sp³-hybridized carbons (Fsp3) is 0.333. The second kappa shape index (κ2) is 5.88. The third-order valence-electron chi connectivity index (χ3n) is 2.50. The van der Waals surface area contributed by atoms with Crippen LogP contribution < -0.4 is 15.8 Å². The van der Waals surface area contributed by atoms with Crippen LogP contribution in [0.4, 0.5) is 11.4 Å². The molecule has 0 radical (unpaired) electrons. The Bertz CT molecular complexity index is 526. The molecule has 100 valence electrons. The zero-order chi connectivity index (χ0) is 13.8. The molecule has 0 heterocycles. The van der Waals surface area contributed by atoms with Crippen molar-refractivity contribution in [1.82, 2.24) is 4.72 Å². The summed E-state index contributed by atoms with van der Waals surface area (Å²) in [7, 11) is -2.15. The predicted molar refractivity (Wildman–Crippen MR) is 75.0 cm³/mol. The Morgan fingerprint density at radius 3 is 2.67 bits per heavy atom. The molecular formula is C12H19N3O2S. The van der Waals surface area contributed by atoms with Gasteiger partial charge in [0.15, 0.2) is 0 Å². The highest BCUT2D eigenvalue weighted by Gasteiger charge is 2.15. The molecule has 1 unspecified atom stereocenters. The minimum atomic E-state index is -3.50. The van der Waals surface area contributed by atoms with Gasteiger partial charge in [-0.1, -0.05) is 6.08 Å². The molecule has 0 aliphatic heterocycles. The number of hydrogen-bond acceptors (Lipinski definition) is 4. The number of nitrogen functional groups attached to an aromatic ring is 1. The summed E-state index contributed by atoms with van der Waals surface area (Å²) in [6.45, 7) is 5.68. The minimum Gasteiger partial charge on any atom is -0.398 e. The molecular weight excluding hydrogens is 250 g/mol. The van der Waals surface area contributed by atoms with E-state index in [9.17, 15) is 8.42 Å². The molecule has 1 rings (SSSR count). The summed E-state index contributed by atoms with van der Waals surface area (Å²) >= 11 is 0. The van der Waals surface area contributed by atoms with Crippen LogP contribution in [0.2, 0.25) is 0 Å². The van der Waals surface area contributed by atoms with Crippen molar-refractivity contribution in [2.75, 3.05) is 18.1 Å². The van der Waals surface area contributed by atoms with Gasteiger partial charge in [-0.05, 0) is 38.6 Å². The van der Waals surface area contributed by atoms with Gasteiger partial charge in [-0.15, -0.1) is 6.58 Å². The van der Waals surface area contributed by atoms with Crippen LogP contribution in [0, 0.1) is 0 Å². The van der Waals surface area contributed by atoms with Gasteiger partial charge in [0.1, 0.15) is 4.90 Å². The molecule has 0 aliphatic carbocycles. The van der Waals surface area contributed by atoms with Crippen LogP contribution in [-0.2, 0) is 10.0 Å². The van der Waals surface area contributed by atoms with Gasteiger partial charge in [-0.25, -0.2) is 13.1 Å². The summed E-state index contributed by atoms with van der Waals surface area (Å²) in [6.07, 6.45) is 2.64. The Kier molecular flexibility index (Phi) is 4.75. The van der Waals surface area contributed by atoms with Crippen LogP contribution in [0.3, 0.4) is 0 Å². The van der Waals surface area contributed by atoms with E-state index >= 15 is 0 Å². The van der Waals surface area contributed by atoms with Gasteiger partial charge < -0.3 is 11.1 Å². The van der Waals surface area contributed by atoms with Gasteiger partial charge >= 0.3 is 0 Å². The normalized spacial score (nSPS) is 13.0. The molecule has 0 aromatic heterocycles. The van der Waals surface area contributed by atoms with E-state index in [1.54, 1.807) is 12.1 Å². The predicted octanol–water partition coefficient (Wildman–Crippen LogP) is 1.55. The first kappa shape index (κ1) is 14.5. The Morgan fingerprint density at radius 1 is 1.50 bits per heavy atom. The van der Waals surface area contributed by atoms with E-state index in [1.165, 1.54) is 13.1 Å². The van der Waals surface area contributed by atoms with Gasteiger partial charge in [-0.3, -0.25) is 0 Å². The highest BCUT2D eigenvalue weighted by atomic mass is 32.2. The van der Waals surface area contributed by atoms with Gasteiger partial charge in [0, 0.05) is 11.7 Å². The zero-order valence-electron chi connectivity index (χ0n) is 10.6. The highest BCUT2D eigenvalue weighted by Crippen LogP contribution is 2.22. The van der Waals surface area contributed by atoms with E-state index in [0.717, 1.165) is 12.1 Å². The van der Waals surface area contributed by atoms with Gasteiger partial charge in [-0.2, -0.15) is 0 Å². The summed E-state index contributed by atoms with van der Waals surface area (Å²) in [6, 6.07) is 5.02. The molecule has 0 saturated carbocycles. The fourth-order valence-corrected chi connectivity index (χ4v) is 2.42. The van der Waals surface area contributed by atoms with E-state index in [0.29, 0.717) is 0 Å². The second-order valence-electron chi connectivity index (χ2n) is 4.03. The summed E-state index contributed by atoms with van der Waals surface area (Å²) < 4.78 is 25.5. The molecule has 1 atom stereocenters. The number of sulfonamides is 1. The summed E-state index contributed by atoms with van der Waals surface area (Å²) in [4.78, 5) is 0.0897. The monoisotopic (exact) mass is 269 g/mol. The molecule has 4 N–H and O–H groups in total. The first-order valence-electron chi connectivity index (χ1n) is 5.61. The van der Waals surface area contributed by atoms with Crippen molar-refractivity contribution in [3.8, 4) is 0 Å². The van der Waals surface area contributed by atoms with Crippen LogP contribution >= 0.6 is 0 Å². The van der Waals surface area contributed by atoms with Crippen LogP contribution in [-0.4, -0.2) is 21.5 Å². The van der Waals surface area contributed by atoms with Crippen molar-refractivity contribution in [3.05, 3.63) is 30.9 Å². The number of anilines is 2. The largest absolute Gasteiger partial charge is 0.398 e. The van der Waals surface area contributed by atoms with E-state index in [4.69, 9.17) is 5.73 Å². The molecule has 18 heavy (non-hydrogen) atoms. The number of nitrogens with one attached hydrogen (secondary N) is 2. The molecule has 5 nitrogen and oxygen atoms in total. The fourth-order valence-electron chi connectivity index (χ4n) is 1.59. The van der Waals surface area contributed by atoms with Crippen LogP contribution in [0.25, 0.3) is 0 Å². The Balaban J connectivity index is 2.96. The van der Waals surface area contributed by atoms with E-state index in [-0.39, 0.29) is 16.6 Å². The molecule has 1 aromatic rings.